The number of nitrogens with zero attached hydrogens (tertiary/aromatic N) is 3. The van der Waals surface area contributed by atoms with E-state index >= 15 is 0 Å². The largest absolute Gasteiger partial charge is 0.489 e. The van der Waals surface area contributed by atoms with Crippen molar-refractivity contribution < 1.29 is 23.9 Å². The van der Waals surface area contributed by atoms with Gasteiger partial charge in [0.2, 0.25) is 17.7 Å². The predicted molar refractivity (Wildman–Crippen MR) is 134 cm³/mol. The maximum atomic E-state index is 13.4. The molecule has 3 fully saturated rings. The summed E-state index contributed by atoms with van der Waals surface area (Å²) < 4.78 is 11.5. The fraction of sp³-hybridized carbons (Fsp3) is 0.607. The lowest BCUT2D eigenvalue weighted by atomic mass is 9.82. The monoisotopic (exact) mass is 495 g/mol. The summed E-state index contributed by atoms with van der Waals surface area (Å²) in [5.41, 5.74) is 0.914. The van der Waals surface area contributed by atoms with Gasteiger partial charge in [-0.25, -0.2) is 0 Å². The van der Waals surface area contributed by atoms with Crippen molar-refractivity contribution in [2.75, 3.05) is 52.5 Å². The molecule has 0 spiro atoms. The highest BCUT2D eigenvalue weighted by Gasteiger charge is 2.35. The van der Waals surface area contributed by atoms with Crippen LogP contribution < -0.4 is 4.74 Å². The summed E-state index contributed by atoms with van der Waals surface area (Å²) in [7, 11) is 0. The van der Waals surface area contributed by atoms with Crippen molar-refractivity contribution in [3.8, 4) is 5.75 Å². The van der Waals surface area contributed by atoms with E-state index in [9.17, 15) is 14.4 Å². The van der Waals surface area contributed by atoms with Crippen LogP contribution in [0, 0.1) is 17.8 Å². The lowest BCUT2D eigenvalue weighted by molar-refractivity contribution is -0.146. The molecule has 1 aromatic rings. The number of hydrogen-bond donors (Lipinski definition) is 0. The highest BCUT2D eigenvalue weighted by atomic mass is 16.5. The van der Waals surface area contributed by atoms with Crippen LogP contribution >= 0.6 is 0 Å². The number of amides is 3. The fourth-order valence-corrected chi connectivity index (χ4v) is 5.63. The predicted octanol–water partition coefficient (Wildman–Crippen LogP) is 2.48. The second-order valence-electron chi connectivity index (χ2n) is 10.4. The van der Waals surface area contributed by atoms with Crippen molar-refractivity contribution in [1.29, 1.82) is 0 Å². The number of piperidine rings is 1. The molecule has 3 amide bonds. The Morgan fingerprint density at radius 3 is 2.56 bits per heavy atom. The SMILES string of the molecule is O=C(C[C@@H]1CCN2C[C@@H]1/C=C/COc1ccccc1CN(C(=O)C1CCC1)CC2=O)N1CCOCC1. The summed E-state index contributed by atoms with van der Waals surface area (Å²) in [6.07, 6.45) is 8.25. The summed E-state index contributed by atoms with van der Waals surface area (Å²) in [5.74, 6) is 1.22. The molecule has 1 saturated carbocycles. The molecule has 1 aromatic carbocycles. The summed E-state index contributed by atoms with van der Waals surface area (Å²) in [6, 6.07) is 7.75. The molecule has 194 valence electrons. The van der Waals surface area contributed by atoms with Crippen molar-refractivity contribution in [1.82, 2.24) is 14.7 Å². The molecule has 5 rings (SSSR count). The Morgan fingerprint density at radius 1 is 0.972 bits per heavy atom. The molecule has 1 aliphatic carbocycles. The van der Waals surface area contributed by atoms with Gasteiger partial charge in [-0.2, -0.15) is 0 Å². The summed E-state index contributed by atoms with van der Waals surface area (Å²) in [4.78, 5) is 45.2. The molecular formula is C28H37N3O5. The maximum absolute atomic E-state index is 13.4. The quantitative estimate of drug-likeness (QED) is 0.602. The molecule has 0 N–H and O–H groups in total. The van der Waals surface area contributed by atoms with Crippen molar-refractivity contribution in [3.63, 3.8) is 0 Å². The van der Waals surface area contributed by atoms with Crippen molar-refractivity contribution in [3.05, 3.63) is 42.0 Å². The molecule has 3 aliphatic heterocycles. The van der Waals surface area contributed by atoms with Crippen LogP contribution in [0.5, 0.6) is 5.75 Å². The molecule has 4 aliphatic rings. The average Bonchev–Trinajstić information content (AvgIpc) is 2.87. The number of ether oxygens (including phenoxy) is 2. The third-order valence-electron chi connectivity index (χ3n) is 8.10. The lowest BCUT2D eigenvalue weighted by Gasteiger charge is -2.39. The minimum atomic E-state index is -0.0170. The Balaban J connectivity index is 1.34. The standard InChI is InChI=1S/C28H37N3O5/c32-26(29-12-15-35-16-13-29)17-22-10-11-30-18-23(22)8-4-14-36-25-9-2-1-5-24(25)19-31(20-27(30)33)28(34)21-6-3-7-21/h1-2,4-5,8-9,21-23H,3,6-7,10-20H2/b8-4+/t22-,23-/m0/s1. The highest BCUT2D eigenvalue weighted by molar-refractivity contribution is 5.86. The third-order valence-corrected chi connectivity index (χ3v) is 8.10. The van der Waals surface area contributed by atoms with Gasteiger partial charge in [0.25, 0.3) is 0 Å². The molecular weight excluding hydrogens is 458 g/mol. The van der Waals surface area contributed by atoms with Gasteiger partial charge in [0.1, 0.15) is 18.9 Å². The lowest BCUT2D eigenvalue weighted by Crippen LogP contribution is -2.50. The van der Waals surface area contributed by atoms with Crippen LogP contribution in [0.4, 0.5) is 0 Å². The van der Waals surface area contributed by atoms with Gasteiger partial charge >= 0.3 is 0 Å². The number of benzene rings is 1. The number of fused-ring (bicyclic) bond motifs is 3. The molecule has 0 aromatic heterocycles. The van der Waals surface area contributed by atoms with Gasteiger partial charge in [-0.1, -0.05) is 36.8 Å². The summed E-state index contributed by atoms with van der Waals surface area (Å²) in [5, 5.41) is 0. The number of rotatable bonds is 3. The number of carbonyl (C=O) groups excluding carboxylic acids is 3. The normalized spacial score (nSPS) is 26.4. The topological polar surface area (TPSA) is 79.4 Å². The Morgan fingerprint density at radius 2 is 1.78 bits per heavy atom. The van der Waals surface area contributed by atoms with E-state index in [0.29, 0.717) is 59.0 Å². The number of carbonyl (C=O) groups is 3. The van der Waals surface area contributed by atoms with E-state index in [1.807, 2.05) is 40.1 Å². The van der Waals surface area contributed by atoms with Gasteiger partial charge in [-0.05, 0) is 37.2 Å². The molecule has 2 saturated heterocycles. The van der Waals surface area contributed by atoms with Crippen molar-refractivity contribution in [2.24, 2.45) is 17.8 Å². The first-order valence-corrected chi connectivity index (χ1v) is 13.4. The summed E-state index contributed by atoms with van der Waals surface area (Å²) >= 11 is 0. The van der Waals surface area contributed by atoms with Crippen LogP contribution in [0.15, 0.2) is 36.4 Å². The Bertz CT molecular complexity index is 985. The van der Waals surface area contributed by atoms with Gasteiger partial charge < -0.3 is 24.2 Å². The zero-order valence-corrected chi connectivity index (χ0v) is 21.0. The first kappa shape index (κ1) is 24.8. The summed E-state index contributed by atoms with van der Waals surface area (Å²) in [6.45, 7) is 4.52. The molecule has 0 unspecified atom stereocenters. The van der Waals surface area contributed by atoms with E-state index in [1.165, 1.54) is 0 Å². The van der Waals surface area contributed by atoms with E-state index in [0.717, 1.165) is 37.0 Å². The molecule has 36 heavy (non-hydrogen) atoms. The molecule has 3 heterocycles. The van der Waals surface area contributed by atoms with Gasteiger partial charge in [0.05, 0.1) is 13.2 Å². The van der Waals surface area contributed by atoms with Gasteiger partial charge in [0, 0.05) is 50.6 Å². The van der Waals surface area contributed by atoms with Crippen LogP contribution in [0.3, 0.4) is 0 Å². The van der Waals surface area contributed by atoms with E-state index < -0.39 is 0 Å². The smallest absolute Gasteiger partial charge is 0.242 e. The Kier molecular flexibility index (Phi) is 7.90. The third kappa shape index (κ3) is 5.75. The van der Waals surface area contributed by atoms with E-state index in [4.69, 9.17) is 9.47 Å². The highest BCUT2D eigenvalue weighted by Crippen LogP contribution is 2.32. The Labute approximate surface area is 213 Å². The van der Waals surface area contributed by atoms with E-state index in [-0.39, 0.29) is 42.0 Å². The van der Waals surface area contributed by atoms with E-state index in [2.05, 4.69) is 6.08 Å². The molecule has 0 radical (unpaired) electrons. The minimum Gasteiger partial charge on any atom is -0.489 e. The number of para-hydroxylation sites is 1. The van der Waals surface area contributed by atoms with Gasteiger partial charge in [0.15, 0.2) is 0 Å². The maximum Gasteiger partial charge on any atom is 0.242 e. The number of hydrogen-bond acceptors (Lipinski definition) is 5. The Hall–Kier alpha value is -2.87. The first-order valence-electron chi connectivity index (χ1n) is 13.4. The van der Waals surface area contributed by atoms with Crippen molar-refractivity contribution >= 4 is 17.7 Å². The second kappa shape index (κ2) is 11.5. The second-order valence-corrected chi connectivity index (χ2v) is 10.4. The average molecular weight is 496 g/mol. The van der Waals surface area contributed by atoms with Crippen LogP contribution in [0.1, 0.15) is 37.7 Å². The molecule has 8 nitrogen and oxygen atoms in total. The van der Waals surface area contributed by atoms with E-state index in [1.54, 1.807) is 4.90 Å². The minimum absolute atomic E-state index is 0.0170. The van der Waals surface area contributed by atoms with Gasteiger partial charge in [-0.3, -0.25) is 14.4 Å². The molecule has 2 atom stereocenters. The van der Waals surface area contributed by atoms with Crippen LogP contribution in [0.2, 0.25) is 0 Å². The number of morpholine rings is 1. The van der Waals surface area contributed by atoms with Crippen molar-refractivity contribution in [2.45, 2.75) is 38.6 Å². The molecule has 2 bridgehead atoms. The zero-order chi connectivity index (χ0) is 24.9. The van der Waals surface area contributed by atoms with Crippen LogP contribution in [-0.4, -0.2) is 85.0 Å². The van der Waals surface area contributed by atoms with Crippen LogP contribution in [-0.2, 0) is 25.7 Å². The van der Waals surface area contributed by atoms with Gasteiger partial charge in [-0.15, -0.1) is 0 Å². The fourth-order valence-electron chi connectivity index (χ4n) is 5.63. The first-order chi connectivity index (χ1) is 17.6. The molecule has 8 heteroatoms. The zero-order valence-electron chi connectivity index (χ0n) is 21.0. The van der Waals surface area contributed by atoms with Crippen LogP contribution in [0.25, 0.3) is 0 Å².